The summed E-state index contributed by atoms with van der Waals surface area (Å²) >= 11 is 1.17. The van der Waals surface area contributed by atoms with Gasteiger partial charge < -0.3 is 5.11 Å². The van der Waals surface area contributed by atoms with Gasteiger partial charge in [0.15, 0.2) is 0 Å². The van der Waals surface area contributed by atoms with Crippen LogP contribution in [-0.4, -0.2) is 21.6 Å². The molecule has 1 atom stereocenters. The van der Waals surface area contributed by atoms with Gasteiger partial charge in [-0.2, -0.15) is 0 Å². The van der Waals surface area contributed by atoms with Gasteiger partial charge >= 0.3 is 0 Å². The van der Waals surface area contributed by atoms with Crippen LogP contribution in [0.1, 0.15) is 19.4 Å². The number of hydrogen-bond donors (Lipinski definition) is 1. The van der Waals surface area contributed by atoms with Crippen LogP contribution in [0.2, 0.25) is 0 Å². The molecule has 0 aliphatic rings. The highest BCUT2D eigenvalue weighted by Crippen LogP contribution is 2.20. The van der Waals surface area contributed by atoms with Gasteiger partial charge in [0.1, 0.15) is 5.60 Å². The van der Waals surface area contributed by atoms with Gasteiger partial charge in [-0.3, -0.25) is 4.79 Å². The monoisotopic (exact) mass is 224 g/mol. The van der Waals surface area contributed by atoms with Gasteiger partial charge in [-0.1, -0.05) is 49.0 Å². The van der Waals surface area contributed by atoms with E-state index in [-0.39, 0.29) is 5.12 Å². The van der Waals surface area contributed by atoms with Crippen LogP contribution in [0.15, 0.2) is 30.3 Å². The van der Waals surface area contributed by atoms with Gasteiger partial charge in [-0.25, -0.2) is 0 Å². The molecule has 1 N–H and O–H groups in total. The van der Waals surface area contributed by atoms with Crippen LogP contribution in [0.3, 0.4) is 0 Å². The number of rotatable bonds is 4. The van der Waals surface area contributed by atoms with Gasteiger partial charge in [-0.15, -0.1) is 0 Å². The normalized spacial score (nSPS) is 14.6. The molecule has 1 aromatic rings. The summed E-state index contributed by atoms with van der Waals surface area (Å²) in [7, 11) is 0. The van der Waals surface area contributed by atoms with Crippen LogP contribution in [-0.2, 0) is 11.2 Å². The molecule has 1 unspecified atom stereocenters. The molecule has 0 aliphatic heterocycles. The lowest BCUT2D eigenvalue weighted by Crippen LogP contribution is -2.35. The van der Waals surface area contributed by atoms with E-state index in [1.54, 1.807) is 6.92 Å². The Morgan fingerprint density at radius 3 is 2.53 bits per heavy atom. The van der Waals surface area contributed by atoms with E-state index in [1.165, 1.54) is 11.8 Å². The van der Waals surface area contributed by atoms with E-state index in [0.29, 0.717) is 12.2 Å². The Labute approximate surface area is 94.7 Å². The quantitative estimate of drug-likeness (QED) is 0.852. The van der Waals surface area contributed by atoms with Crippen molar-refractivity contribution in [2.75, 3.05) is 5.75 Å². The van der Waals surface area contributed by atoms with Crippen molar-refractivity contribution in [1.82, 2.24) is 0 Å². The first kappa shape index (κ1) is 12.3. The standard InChI is InChI=1S/C12H16O2S/c1-3-15-11(13)12(2,14)9-10-7-5-4-6-8-10/h4-8,14H,3,9H2,1-2H3. The van der Waals surface area contributed by atoms with E-state index in [1.807, 2.05) is 37.3 Å². The summed E-state index contributed by atoms with van der Waals surface area (Å²) in [6.45, 7) is 3.48. The van der Waals surface area contributed by atoms with Crippen molar-refractivity contribution in [2.45, 2.75) is 25.9 Å². The summed E-state index contributed by atoms with van der Waals surface area (Å²) < 4.78 is 0. The summed E-state index contributed by atoms with van der Waals surface area (Å²) in [5.74, 6) is 0.698. The van der Waals surface area contributed by atoms with Crippen LogP contribution in [0.25, 0.3) is 0 Å². The zero-order valence-corrected chi connectivity index (χ0v) is 9.88. The van der Waals surface area contributed by atoms with Gasteiger partial charge in [0, 0.05) is 6.42 Å². The van der Waals surface area contributed by atoms with Crippen molar-refractivity contribution in [3.63, 3.8) is 0 Å². The minimum atomic E-state index is -1.26. The molecule has 0 fully saturated rings. The predicted octanol–water partition coefficient (Wildman–Crippen LogP) is 2.26. The molecular formula is C12H16O2S. The van der Waals surface area contributed by atoms with E-state index in [9.17, 15) is 9.90 Å². The SMILES string of the molecule is CCSC(=O)C(C)(O)Cc1ccccc1. The largest absolute Gasteiger partial charge is 0.381 e. The van der Waals surface area contributed by atoms with Crippen molar-refractivity contribution < 1.29 is 9.90 Å². The molecule has 0 bridgehead atoms. The summed E-state index contributed by atoms with van der Waals surface area (Å²) in [4.78, 5) is 11.6. The third-order valence-electron chi connectivity index (χ3n) is 2.11. The van der Waals surface area contributed by atoms with E-state index < -0.39 is 5.60 Å². The molecule has 1 aromatic carbocycles. The number of benzene rings is 1. The molecule has 0 aromatic heterocycles. The molecule has 0 aliphatic carbocycles. The second-order valence-corrected chi connectivity index (χ2v) is 4.89. The van der Waals surface area contributed by atoms with Gasteiger partial charge in [-0.05, 0) is 18.2 Å². The Kier molecular flexibility index (Phi) is 4.36. The molecule has 82 valence electrons. The minimum absolute atomic E-state index is 0.158. The maximum Gasteiger partial charge on any atom is 0.220 e. The zero-order valence-electron chi connectivity index (χ0n) is 9.06. The maximum absolute atomic E-state index is 11.6. The first-order chi connectivity index (χ1) is 7.06. The molecule has 0 radical (unpaired) electrons. The number of carbonyl (C=O) groups excluding carboxylic acids is 1. The van der Waals surface area contributed by atoms with Crippen LogP contribution < -0.4 is 0 Å². The van der Waals surface area contributed by atoms with Crippen molar-refractivity contribution in [2.24, 2.45) is 0 Å². The predicted molar refractivity (Wildman–Crippen MR) is 63.9 cm³/mol. The first-order valence-corrected chi connectivity index (χ1v) is 5.98. The topological polar surface area (TPSA) is 37.3 Å². The number of aliphatic hydroxyl groups is 1. The second kappa shape index (κ2) is 5.33. The number of carbonyl (C=O) groups is 1. The molecule has 0 saturated carbocycles. The lowest BCUT2D eigenvalue weighted by Gasteiger charge is -2.20. The van der Waals surface area contributed by atoms with Crippen molar-refractivity contribution in [1.29, 1.82) is 0 Å². The Morgan fingerprint density at radius 2 is 2.00 bits per heavy atom. The highest BCUT2D eigenvalue weighted by Gasteiger charge is 2.29. The van der Waals surface area contributed by atoms with Gasteiger partial charge in [0.25, 0.3) is 0 Å². The zero-order chi connectivity index (χ0) is 11.3. The molecule has 1 rings (SSSR count). The number of hydrogen-bond acceptors (Lipinski definition) is 3. The van der Waals surface area contributed by atoms with E-state index in [4.69, 9.17) is 0 Å². The third kappa shape index (κ3) is 3.68. The molecule has 2 nitrogen and oxygen atoms in total. The molecule has 0 spiro atoms. The maximum atomic E-state index is 11.6. The fraction of sp³-hybridized carbons (Fsp3) is 0.417. The Morgan fingerprint density at radius 1 is 1.40 bits per heavy atom. The van der Waals surface area contributed by atoms with Crippen LogP contribution in [0.4, 0.5) is 0 Å². The van der Waals surface area contributed by atoms with Crippen LogP contribution in [0.5, 0.6) is 0 Å². The van der Waals surface area contributed by atoms with E-state index in [2.05, 4.69) is 0 Å². The summed E-state index contributed by atoms with van der Waals surface area (Å²) in [5.41, 5.74) is -0.283. The molecule has 0 heterocycles. The van der Waals surface area contributed by atoms with Crippen LogP contribution >= 0.6 is 11.8 Å². The Bertz CT molecular complexity index is 320. The first-order valence-electron chi connectivity index (χ1n) is 5.00. The van der Waals surface area contributed by atoms with Gasteiger partial charge in [0.2, 0.25) is 5.12 Å². The highest BCUT2D eigenvalue weighted by atomic mass is 32.2. The molecular weight excluding hydrogens is 208 g/mol. The third-order valence-corrected chi connectivity index (χ3v) is 3.10. The summed E-state index contributed by atoms with van der Waals surface area (Å²) in [5, 5.41) is 9.84. The Hall–Kier alpha value is -0.800. The second-order valence-electron chi connectivity index (χ2n) is 3.66. The summed E-state index contributed by atoms with van der Waals surface area (Å²) in [6.07, 6.45) is 0.375. The minimum Gasteiger partial charge on any atom is -0.381 e. The lowest BCUT2D eigenvalue weighted by atomic mass is 9.98. The highest BCUT2D eigenvalue weighted by molar-refractivity contribution is 8.13. The average Bonchev–Trinajstić information content (AvgIpc) is 2.19. The smallest absolute Gasteiger partial charge is 0.220 e. The average molecular weight is 224 g/mol. The van der Waals surface area contributed by atoms with E-state index in [0.717, 1.165) is 5.56 Å². The van der Waals surface area contributed by atoms with Crippen molar-refractivity contribution in [3.05, 3.63) is 35.9 Å². The van der Waals surface area contributed by atoms with Crippen LogP contribution in [0, 0.1) is 0 Å². The number of thioether (sulfide) groups is 1. The molecule has 3 heteroatoms. The fourth-order valence-corrected chi connectivity index (χ4v) is 2.00. The molecule has 15 heavy (non-hydrogen) atoms. The fourth-order valence-electron chi connectivity index (χ4n) is 1.35. The van der Waals surface area contributed by atoms with Crippen molar-refractivity contribution in [3.8, 4) is 0 Å². The van der Waals surface area contributed by atoms with Gasteiger partial charge in [0.05, 0.1) is 0 Å². The Balaban J connectivity index is 2.68. The molecule has 0 saturated heterocycles. The van der Waals surface area contributed by atoms with Crippen molar-refractivity contribution >= 4 is 16.9 Å². The molecule has 0 amide bonds. The lowest BCUT2D eigenvalue weighted by molar-refractivity contribution is -0.126. The summed E-state index contributed by atoms with van der Waals surface area (Å²) in [6, 6.07) is 9.56. The van der Waals surface area contributed by atoms with E-state index >= 15 is 0 Å².